The molecule has 0 radical (unpaired) electrons. The number of nitrogens with one attached hydrogen (secondary N) is 1. The van der Waals surface area contributed by atoms with Gasteiger partial charge in [-0.25, -0.2) is 0 Å². The summed E-state index contributed by atoms with van der Waals surface area (Å²) in [5.41, 5.74) is 8.13. The minimum absolute atomic E-state index is 0.00366. The summed E-state index contributed by atoms with van der Waals surface area (Å²) < 4.78 is 5.51. The van der Waals surface area contributed by atoms with Gasteiger partial charge in [-0.3, -0.25) is 10.1 Å². The summed E-state index contributed by atoms with van der Waals surface area (Å²) in [6, 6.07) is 18.5. The largest absolute Gasteiger partial charge is 0.381 e. The Balaban J connectivity index is 1.83. The van der Waals surface area contributed by atoms with Crippen LogP contribution in [-0.2, 0) is 9.53 Å². The van der Waals surface area contributed by atoms with E-state index in [-0.39, 0.29) is 6.04 Å². The van der Waals surface area contributed by atoms with E-state index in [1.165, 1.54) is 0 Å². The van der Waals surface area contributed by atoms with Gasteiger partial charge in [0, 0.05) is 19.3 Å². The lowest BCUT2D eigenvalue weighted by Crippen LogP contribution is -2.37. The molecule has 3 unspecified atom stereocenters. The number of benzene rings is 2. The molecule has 1 aliphatic rings. The molecule has 0 aliphatic carbocycles. The summed E-state index contributed by atoms with van der Waals surface area (Å²) in [6.45, 7) is 1.55. The van der Waals surface area contributed by atoms with Crippen molar-refractivity contribution in [2.75, 3.05) is 13.2 Å². The number of hydrogen-bond acceptors (Lipinski definition) is 4. The van der Waals surface area contributed by atoms with Gasteiger partial charge in [-0.1, -0.05) is 42.5 Å². The van der Waals surface area contributed by atoms with Crippen molar-refractivity contribution in [3.05, 3.63) is 71.3 Å². The van der Waals surface area contributed by atoms with Crippen molar-refractivity contribution in [3.8, 4) is 6.07 Å². The Labute approximate surface area is 153 Å². The van der Waals surface area contributed by atoms with Crippen molar-refractivity contribution in [3.63, 3.8) is 0 Å². The second kappa shape index (κ2) is 8.61. The van der Waals surface area contributed by atoms with Crippen molar-refractivity contribution in [2.24, 2.45) is 11.7 Å². The molecule has 1 saturated heterocycles. The summed E-state index contributed by atoms with van der Waals surface area (Å²) in [4.78, 5) is 12.1. The van der Waals surface area contributed by atoms with E-state index in [1.807, 2.05) is 18.2 Å². The van der Waals surface area contributed by atoms with E-state index < -0.39 is 11.9 Å². The van der Waals surface area contributed by atoms with E-state index in [0.717, 1.165) is 37.2 Å². The van der Waals surface area contributed by atoms with Gasteiger partial charge in [-0.2, -0.15) is 5.26 Å². The van der Waals surface area contributed by atoms with Gasteiger partial charge in [-0.15, -0.1) is 0 Å². The Morgan fingerprint density at radius 1 is 1.19 bits per heavy atom. The van der Waals surface area contributed by atoms with E-state index in [9.17, 15) is 4.79 Å². The first-order valence-corrected chi connectivity index (χ1v) is 8.85. The van der Waals surface area contributed by atoms with E-state index in [2.05, 4.69) is 23.5 Å². The maximum absolute atomic E-state index is 12.1. The molecule has 5 heteroatoms. The number of rotatable bonds is 7. The zero-order chi connectivity index (χ0) is 18.4. The molecule has 0 spiro atoms. The fraction of sp³-hybridized carbons (Fsp3) is 0.333. The molecule has 0 saturated carbocycles. The highest BCUT2D eigenvalue weighted by Gasteiger charge is 2.26. The number of carbonyl (C=O) groups is 1. The molecule has 0 bridgehead atoms. The molecule has 3 rings (SSSR count). The molecular formula is C21H23N3O2. The highest BCUT2D eigenvalue weighted by molar-refractivity contribution is 5.81. The van der Waals surface area contributed by atoms with Gasteiger partial charge in [-0.05, 0) is 42.0 Å². The maximum Gasteiger partial charge on any atom is 0.239 e. The van der Waals surface area contributed by atoms with Gasteiger partial charge in [0.05, 0.1) is 11.6 Å². The predicted octanol–water partition coefficient (Wildman–Crippen LogP) is 2.84. The highest BCUT2D eigenvalue weighted by Crippen LogP contribution is 2.29. The lowest BCUT2D eigenvalue weighted by atomic mass is 9.92. The maximum atomic E-state index is 12.1. The normalized spacial score (nSPS) is 18.8. The Morgan fingerprint density at radius 3 is 2.50 bits per heavy atom. The van der Waals surface area contributed by atoms with Crippen LogP contribution in [0, 0.1) is 17.2 Å². The molecular weight excluding hydrogens is 326 g/mol. The average Bonchev–Trinajstić information content (AvgIpc) is 3.19. The molecule has 26 heavy (non-hydrogen) atoms. The van der Waals surface area contributed by atoms with Crippen molar-refractivity contribution < 1.29 is 9.53 Å². The fourth-order valence-corrected chi connectivity index (χ4v) is 3.38. The summed E-state index contributed by atoms with van der Waals surface area (Å²) >= 11 is 0. The molecule has 2 aromatic rings. The van der Waals surface area contributed by atoms with Gasteiger partial charge < -0.3 is 10.5 Å². The summed E-state index contributed by atoms with van der Waals surface area (Å²) in [5.74, 6) is 0.0282. The molecule has 2 aromatic carbocycles. The quantitative estimate of drug-likeness (QED) is 0.804. The van der Waals surface area contributed by atoms with Crippen LogP contribution in [0.1, 0.15) is 41.6 Å². The van der Waals surface area contributed by atoms with Crippen LogP contribution in [0.3, 0.4) is 0 Å². The molecule has 0 aromatic heterocycles. The first-order valence-electron chi connectivity index (χ1n) is 8.85. The van der Waals surface area contributed by atoms with E-state index in [1.54, 1.807) is 24.3 Å². The van der Waals surface area contributed by atoms with Gasteiger partial charge in [0.25, 0.3) is 0 Å². The number of hydrogen-bond donors (Lipinski definition) is 2. The fourth-order valence-electron chi connectivity index (χ4n) is 3.38. The second-order valence-corrected chi connectivity index (χ2v) is 6.66. The van der Waals surface area contributed by atoms with Crippen molar-refractivity contribution >= 4 is 5.91 Å². The Kier molecular flexibility index (Phi) is 6.00. The van der Waals surface area contributed by atoms with Gasteiger partial charge in [0.2, 0.25) is 5.91 Å². The Morgan fingerprint density at radius 2 is 1.92 bits per heavy atom. The highest BCUT2D eigenvalue weighted by atomic mass is 16.5. The molecule has 1 aliphatic heterocycles. The molecule has 1 fully saturated rings. The van der Waals surface area contributed by atoms with Gasteiger partial charge >= 0.3 is 0 Å². The Hall–Kier alpha value is -2.68. The second-order valence-electron chi connectivity index (χ2n) is 6.66. The van der Waals surface area contributed by atoms with E-state index >= 15 is 0 Å². The van der Waals surface area contributed by atoms with Crippen LogP contribution in [0.15, 0.2) is 54.6 Å². The van der Waals surface area contributed by atoms with E-state index in [4.69, 9.17) is 15.7 Å². The van der Waals surface area contributed by atoms with Gasteiger partial charge in [0.15, 0.2) is 0 Å². The van der Waals surface area contributed by atoms with Crippen molar-refractivity contribution in [2.45, 2.75) is 24.9 Å². The van der Waals surface area contributed by atoms with Crippen LogP contribution in [0.25, 0.3) is 0 Å². The number of ether oxygens (including phenoxy) is 1. The summed E-state index contributed by atoms with van der Waals surface area (Å²) in [7, 11) is 0. The minimum Gasteiger partial charge on any atom is -0.381 e. The number of nitriles is 1. The van der Waals surface area contributed by atoms with Crippen LogP contribution in [0.5, 0.6) is 0 Å². The van der Waals surface area contributed by atoms with Crippen molar-refractivity contribution in [1.29, 1.82) is 5.26 Å². The molecule has 5 nitrogen and oxygen atoms in total. The van der Waals surface area contributed by atoms with Crippen molar-refractivity contribution in [1.82, 2.24) is 5.32 Å². The third-order valence-electron chi connectivity index (χ3n) is 4.82. The van der Waals surface area contributed by atoms with Crippen LogP contribution < -0.4 is 11.1 Å². The topological polar surface area (TPSA) is 88.1 Å². The monoisotopic (exact) mass is 349 g/mol. The minimum atomic E-state index is -0.615. The lowest BCUT2D eigenvalue weighted by molar-refractivity contribution is -0.120. The first-order chi connectivity index (χ1) is 12.7. The van der Waals surface area contributed by atoms with Crippen LogP contribution >= 0.6 is 0 Å². The molecule has 3 N–H and O–H groups in total. The zero-order valence-corrected chi connectivity index (χ0v) is 14.6. The third-order valence-corrected chi connectivity index (χ3v) is 4.82. The number of nitrogens with two attached hydrogens (primary N) is 1. The molecule has 134 valence electrons. The van der Waals surface area contributed by atoms with Gasteiger partial charge in [0.1, 0.15) is 6.04 Å². The average molecular weight is 349 g/mol. The van der Waals surface area contributed by atoms with Crippen LogP contribution in [0.2, 0.25) is 0 Å². The molecule has 1 amide bonds. The standard InChI is InChI=1S/C21H23N3O2/c22-13-15-6-8-18(9-7-15)20(21(23)25)24-19(12-16-10-11-26-14-16)17-4-2-1-3-5-17/h1-9,16,19-20,24H,10-12,14H2,(H2,23,25). The number of amides is 1. The predicted molar refractivity (Wildman–Crippen MR) is 99.0 cm³/mol. The first kappa shape index (κ1) is 18.1. The molecule has 1 heterocycles. The molecule has 3 atom stereocenters. The number of carbonyl (C=O) groups excluding carboxylic acids is 1. The van der Waals surface area contributed by atoms with Crippen LogP contribution in [0.4, 0.5) is 0 Å². The number of nitrogens with zero attached hydrogens (tertiary/aromatic N) is 1. The Bertz CT molecular complexity index is 762. The zero-order valence-electron chi connectivity index (χ0n) is 14.6. The summed E-state index contributed by atoms with van der Waals surface area (Å²) in [5, 5.41) is 12.4. The smallest absolute Gasteiger partial charge is 0.239 e. The third kappa shape index (κ3) is 4.48. The summed E-state index contributed by atoms with van der Waals surface area (Å²) in [6.07, 6.45) is 1.91. The van der Waals surface area contributed by atoms with Crippen LogP contribution in [-0.4, -0.2) is 19.1 Å². The SMILES string of the molecule is N#Cc1ccc(C(NC(CC2CCOC2)c2ccccc2)C(N)=O)cc1. The lowest BCUT2D eigenvalue weighted by Gasteiger charge is -2.26. The number of primary amides is 1. The van der Waals surface area contributed by atoms with E-state index in [0.29, 0.717) is 11.5 Å².